The highest BCUT2D eigenvalue weighted by atomic mass is 35.5. The Hall–Kier alpha value is 0.250. The number of halogens is 1. The highest BCUT2D eigenvalue weighted by Crippen LogP contribution is 2.18. The summed E-state index contributed by atoms with van der Waals surface area (Å²) in [4.78, 5) is 0. The van der Waals surface area contributed by atoms with Crippen molar-refractivity contribution in [3.05, 3.63) is 0 Å². The Morgan fingerprint density at radius 3 is 0.600 bits per heavy atom. The molecule has 0 aliphatic rings. The Labute approximate surface area is 262 Å². The zero-order valence-corrected chi connectivity index (χ0v) is 29.6. The smallest absolute Gasteiger partial charge is 0.0786 e. The van der Waals surface area contributed by atoms with Crippen LogP contribution in [0.5, 0.6) is 0 Å². The van der Waals surface area contributed by atoms with Crippen LogP contribution >= 0.6 is 0 Å². The average Bonchev–Trinajstić information content (AvgIpc) is 2.96. The van der Waals surface area contributed by atoms with E-state index in [0.717, 1.165) is 0 Å². The first-order valence-electron chi connectivity index (χ1n) is 19.1. The fraction of sp³-hybridized carbons (Fsp3) is 1.00. The minimum absolute atomic E-state index is 0. The van der Waals surface area contributed by atoms with Gasteiger partial charge in [-0.05, 0) is 39.5 Å². The Morgan fingerprint density at radius 2 is 0.425 bits per heavy atom. The van der Waals surface area contributed by atoms with E-state index in [2.05, 4.69) is 27.7 Å². The van der Waals surface area contributed by atoms with Crippen molar-refractivity contribution in [3.8, 4) is 0 Å². The number of nitrogens with zero attached hydrogens (tertiary/aromatic N) is 1. The molecule has 0 aromatic rings. The van der Waals surface area contributed by atoms with Gasteiger partial charge in [0.25, 0.3) is 0 Å². The molecule has 0 N–H and O–H groups in total. The molecule has 0 fully saturated rings. The molecule has 1 nitrogen and oxygen atoms in total. The van der Waals surface area contributed by atoms with Crippen LogP contribution in [0.4, 0.5) is 0 Å². The standard InChI is InChI=1S/C38H80N.ClH/c1-5-9-11-13-15-17-19-21-23-25-27-29-31-33-35-37-39(7-3,8-4)38-36-34-32-30-28-26-24-22-20-18-16-14-12-10-6-2;/h5-38H2,1-4H3;1H/q+1;/p-1. The maximum Gasteiger partial charge on any atom is 0.0786 e. The molecule has 244 valence electrons. The second kappa shape index (κ2) is 35.4. The first-order chi connectivity index (χ1) is 19.2. The zero-order valence-electron chi connectivity index (χ0n) is 28.9. The van der Waals surface area contributed by atoms with E-state index in [1.807, 2.05) is 0 Å². The van der Waals surface area contributed by atoms with Gasteiger partial charge in [0.1, 0.15) is 0 Å². The number of rotatable bonds is 34. The van der Waals surface area contributed by atoms with Crippen LogP contribution < -0.4 is 12.4 Å². The van der Waals surface area contributed by atoms with E-state index in [9.17, 15) is 0 Å². The lowest BCUT2D eigenvalue weighted by Crippen LogP contribution is -3.00. The molecule has 0 spiro atoms. The monoisotopic (exact) mass is 586 g/mol. The third-order valence-electron chi connectivity index (χ3n) is 9.81. The van der Waals surface area contributed by atoms with Crippen LogP contribution in [0.15, 0.2) is 0 Å². The van der Waals surface area contributed by atoms with Crippen molar-refractivity contribution >= 4 is 0 Å². The molecule has 0 bridgehead atoms. The molecule has 0 aromatic carbocycles. The summed E-state index contributed by atoms with van der Waals surface area (Å²) in [6.07, 6.45) is 44.1. The molecule has 2 heteroatoms. The molecule has 0 rings (SSSR count). The second-order valence-corrected chi connectivity index (χ2v) is 13.3. The molecule has 0 radical (unpaired) electrons. The van der Waals surface area contributed by atoms with E-state index in [-0.39, 0.29) is 12.4 Å². The van der Waals surface area contributed by atoms with Gasteiger partial charge < -0.3 is 16.9 Å². The molecule has 0 saturated carbocycles. The van der Waals surface area contributed by atoms with E-state index in [4.69, 9.17) is 0 Å². The van der Waals surface area contributed by atoms with Crippen LogP contribution in [0.1, 0.15) is 220 Å². The third-order valence-corrected chi connectivity index (χ3v) is 9.81. The van der Waals surface area contributed by atoms with E-state index in [0.29, 0.717) is 0 Å². The highest BCUT2D eigenvalue weighted by Gasteiger charge is 2.21. The summed E-state index contributed by atoms with van der Waals surface area (Å²) in [5.74, 6) is 0. The molecule has 0 aliphatic carbocycles. The van der Waals surface area contributed by atoms with Crippen LogP contribution in [0.3, 0.4) is 0 Å². The van der Waals surface area contributed by atoms with Crippen LogP contribution in [-0.2, 0) is 0 Å². The van der Waals surface area contributed by atoms with Gasteiger partial charge in [0.15, 0.2) is 0 Å². The summed E-state index contributed by atoms with van der Waals surface area (Å²) in [6.45, 7) is 15.1. The van der Waals surface area contributed by atoms with Gasteiger partial charge in [0.2, 0.25) is 0 Å². The molecule has 0 aromatic heterocycles. The van der Waals surface area contributed by atoms with Crippen molar-refractivity contribution in [2.24, 2.45) is 0 Å². The fourth-order valence-electron chi connectivity index (χ4n) is 6.60. The van der Waals surface area contributed by atoms with Gasteiger partial charge in [0.05, 0.1) is 26.2 Å². The van der Waals surface area contributed by atoms with E-state index in [1.165, 1.54) is 223 Å². The van der Waals surface area contributed by atoms with Gasteiger partial charge in [-0.15, -0.1) is 0 Å². The van der Waals surface area contributed by atoms with Gasteiger partial charge in [-0.25, -0.2) is 0 Å². The van der Waals surface area contributed by atoms with Crippen molar-refractivity contribution in [2.45, 2.75) is 220 Å². The SMILES string of the molecule is CCCCCCCCCCCCCCCCC[N+](CC)(CC)CCCCCCCCCCCCCCCCC.[Cl-]. The molecule has 0 amide bonds. The molecule has 0 heterocycles. The lowest BCUT2D eigenvalue weighted by atomic mass is 10.0. The summed E-state index contributed by atoms with van der Waals surface area (Å²) in [6, 6.07) is 0. The normalized spacial score (nSPS) is 11.7. The molecular weight excluding hydrogens is 506 g/mol. The predicted molar refractivity (Wildman–Crippen MR) is 181 cm³/mol. The third kappa shape index (κ3) is 29.7. The highest BCUT2D eigenvalue weighted by molar-refractivity contribution is 4.53. The van der Waals surface area contributed by atoms with Crippen molar-refractivity contribution in [1.29, 1.82) is 0 Å². The summed E-state index contributed by atoms with van der Waals surface area (Å²) in [5.41, 5.74) is 0. The van der Waals surface area contributed by atoms with Crippen molar-refractivity contribution < 1.29 is 16.9 Å². The summed E-state index contributed by atoms with van der Waals surface area (Å²) >= 11 is 0. The number of quaternary nitrogens is 1. The van der Waals surface area contributed by atoms with E-state index < -0.39 is 0 Å². The lowest BCUT2D eigenvalue weighted by Gasteiger charge is -2.37. The maximum atomic E-state index is 2.44. The van der Waals surface area contributed by atoms with E-state index >= 15 is 0 Å². The molecule has 0 atom stereocenters. The van der Waals surface area contributed by atoms with Crippen LogP contribution in [0.2, 0.25) is 0 Å². The minimum Gasteiger partial charge on any atom is -1.00 e. The summed E-state index contributed by atoms with van der Waals surface area (Å²) in [5, 5.41) is 0. The molecule has 0 saturated heterocycles. The number of hydrogen-bond donors (Lipinski definition) is 0. The Morgan fingerprint density at radius 1 is 0.250 bits per heavy atom. The second-order valence-electron chi connectivity index (χ2n) is 13.3. The Bertz CT molecular complexity index is 397. The Kier molecular flexibility index (Phi) is 37.6. The molecule has 0 aliphatic heterocycles. The van der Waals surface area contributed by atoms with E-state index in [1.54, 1.807) is 0 Å². The largest absolute Gasteiger partial charge is 1.00 e. The van der Waals surface area contributed by atoms with Crippen LogP contribution in [0, 0.1) is 0 Å². The van der Waals surface area contributed by atoms with Gasteiger partial charge in [-0.2, -0.15) is 0 Å². The number of hydrogen-bond acceptors (Lipinski definition) is 0. The zero-order chi connectivity index (χ0) is 28.5. The maximum absolute atomic E-state index is 2.44. The Balaban J connectivity index is 0. The van der Waals surface area contributed by atoms with Gasteiger partial charge in [0, 0.05) is 0 Å². The minimum atomic E-state index is 0. The van der Waals surface area contributed by atoms with Crippen molar-refractivity contribution in [1.82, 2.24) is 0 Å². The average molecular weight is 587 g/mol. The first-order valence-corrected chi connectivity index (χ1v) is 19.1. The van der Waals surface area contributed by atoms with Gasteiger partial charge in [-0.3, -0.25) is 0 Å². The molecular formula is C38H80ClN. The van der Waals surface area contributed by atoms with Crippen molar-refractivity contribution in [3.63, 3.8) is 0 Å². The summed E-state index contributed by atoms with van der Waals surface area (Å²) in [7, 11) is 0. The number of unbranched alkanes of at least 4 members (excludes halogenated alkanes) is 28. The molecule has 0 unspecified atom stereocenters. The van der Waals surface area contributed by atoms with Crippen molar-refractivity contribution in [2.75, 3.05) is 26.2 Å². The van der Waals surface area contributed by atoms with Crippen LogP contribution in [-0.4, -0.2) is 30.7 Å². The summed E-state index contributed by atoms with van der Waals surface area (Å²) < 4.78 is 1.39. The van der Waals surface area contributed by atoms with Gasteiger partial charge >= 0.3 is 0 Å². The first kappa shape index (κ1) is 42.4. The van der Waals surface area contributed by atoms with Gasteiger partial charge in [-0.1, -0.05) is 181 Å². The van der Waals surface area contributed by atoms with Crippen LogP contribution in [0.25, 0.3) is 0 Å². The lowest BCUT2D eigenvalue weighted by molar-refractivity contribution is -0.925. The molecule has 40 heavy (non-hydrogen) atoms. The quantitative estimate of drug-likeness (QED) is 0.0520. The fourth-order valence-corrected chi connectivity index (χ4v) is 6.60. The topological polar surface area (TPSA) is 0 Å². The predicted octanol–water partition coefficient (Wildman–Crippen LogP) is 10.6.